The van der Waals surface area contributed by atoms with E-state index in [1.807, 2.05) is 24.6 Å². The largest absolute Gasteiger partial charge is 0.480 e. The van der Waals surface area contributed by atoms with E-state index in [0.717, 1.165) is 0 Å². The van der Waals surface area contributed by atoms with Crippen LogP contribution in [0.5, 0.6) is 0 Å². The highest BCUT2D eigenvalue weighted by atomic mass is 32.2. The molecule has 20 heavy (non-hydrogen) atoms. The SMILES string of the molecule is CC(Cn1ccnc1)NC(=O)N1C(C)SCC1C(=O)O. The van der Waals surface area contributed by atoms with E-state index in [-0.39, 0.29) is 17.4 Å². The molecular weight excluding hydrogens is 280 g/mol. The summed E-state index contributed by atoms with van der Waals surface area (Å²) in [5, 5.41) is 11.9. The fourth-order valence-electron chi connectivity index (χ4n) is 2.18. The van der Waals surface area contributed by atoms with Gasteiger partial charge in [-0.15, -0.1) is 11.8 Å². The van der Waals surface area contributed by atoms with E-state index in [2.05, 4.69) is 10.3 Å². The van der Waals surface area contributed by atoms with Crippen LogP contribution in [0.4, 0.5) is 4.79 Å². The Morgan fingerprint density at radius 1 is 1.60 bits per heavy atom. The summed E-state index contributed by atoms with van der Waals surface area (Å²) in [6, 6.07) is -1.19. The van der Waals surface area contributed by atoms with Gasteiger partial charge in [-0.05, 0) is 13.8 Å². The number of nitrogens with one attached hydrogen (secondary N) is 1. The molecule has 2 heterocycles. The van der Waals surface area contributed by atoms with E-state index >= 15 is 0 Å². The number of carboxylic acids is 1. The lowest BCUT2D eigenvalue weighted by Gasteiger charge is -2.27. The van der Waals surface area contributed by atoms with Crippen molar-refractivity contribution in [2.45, 2.75) is 37.8 Å². The van der Waals surface area contributed by atoms with Crippen LogP contribution in [0.25, 0.3) is 0 Å². The van der Waals surface area contributed by atoms with Crippen molar-refractivity contribution < 1.29 is 14.7 Å². The normalized spacial score (nSPS) is 23.6. The molecule has 0 spiro atoms. The number of nitrogens with zero attached hydrogens (tertiary/aromatic N) is 3. The maximum Gasteiger partial charge on any atom is 0.327 e. The highest BCUT2D eigenvalue weighted by molar-refractivity contribution is 8.00. The van der Waals surface area contributed by atoms with Crippen LogP contribution in [0.3, 0.4) is 0 Å². The fourth-order valence-corrected chi connectivity index (χ4v) is 3.35. The van der Waals surface area contributed by atoms with Gasteiger partial charge in [0.25, 0.3) is 0 Å². The number of aliphatic carboxylic acids is 1. The number of imidazole rings is 1. The number of carbonyl (C=O) groups is 2. The molecule has 7 nitrogen and oxygen atoms in total. The van der Waals surface area contributed by atoms with Gasteiger partial charge in [0, 0.05) is 30.7 Å². The van der Waals surface area contributed by atoms with E-state index in [9.17, 15) is 9.59 Å². The number of hydrogen-bond acceptors (Lipinski definition) is 4. The molecule has 2 amide bonds. The molecule has 1 fully saturated rings. The van der Waals surface area contributed by atoms with Crippen molar-refractivity contribution in [3.63, 3.8) is 0 Å². The summed E-state index contributed by atoms with van der Waals surface area (Å²) >= 11 is 1.47. The molecule has 2 N–H and O–H groups in total. The number of hydrogen-bond donors (Lipinski definition) is 2. The number of carboxylic acid groups (broad SMARTS) is 1. The maximum absolute atomic E-state index is 12.2. The van der Waals surface area contributed by atoms with Gasteiger partial charge in [-0.1, -0.05) is 0 Å². The summed E-state index contributed by atoms with van der Waals surface area (Å²) in [6.45, 7) is 4.31. The van der Waals surface area contributed by atoms with E-state index in [1.165, 1.54) is 16.7 Å². The zero-order valence-corrected chi connectivity index (χ0v) is 12.2. The summed E-state index contributed by atoms with van der Waals surface area (Å²) in [5.41, 5.74) is 0. The van der Waals surface area contributed by atoms with Gasteiger partial charge in [0.2, 0.25) is 0 Å². The molecule has 1 aromatic rings. The van der Waals surface area contributed by atoms with Crippen LogP contribution < -0.4 is 5.32 Å². The van der Waals surface area contributed by atoms with Gasteiger partial charge in [-0.2, -0.15) is 0 Å². The number of carbonyl (C=O) groups excluding carboxylic acids is 1. The quantitative estimate of drug-likeness (QED) is 0.859. The molecule has 2 rings (SSSR count). The van der Waals surface area contributed by atoms with Gasteiger partial charge in [-0.3, -0.25) is 4.90 Å². The Bertz CT molecular complexity index is 479. The van der Waals surface area contributed by atoms with Gasteiger partial charge in [0.05, 0.1) is 11.7 Å². The number of thioether (sulfide) groups is 1. The summed E-state index contributed by atoms with van der Waals surface area (Å²) in [5.74, 6) is -0.529. The monoisotopic (exact) mass is 298 g/mol. The van der Waals surface area contributed by atoms with Gasteiger partial charge in [0.1, 0.15) is 6.04 Å². The number of rotatable bonds is 4. The van der Waals surface area contributed by atoms with E-state index in [4.69, 9.17) is 5.11 Å². The van der Waals surface area contributed by atoms with Crippen molar-refractivity contribution in [1.29, 1.82) is 0 Å². The fraction of sp³-hybridized carbons (Fsp3) is 0.583. The third-order valence-electron chi connectivity index (χ3n) is 3.16. The standard InChI is InChI=1S/C12H18N4O3S/c1-8(5-15-4-3-13-7-15)14-12(19)16-9(2)20-6-10(16)11(17)18/h3-4,7-10H,5-6H2,1-2H3,(H,14,19)(H,17,18). The number of aromatic nitrogens is 2. The zero-order valence-electron chi connectivity index (χ0n) is 11.4. The average molecular weight is 298 g/mol. The Kier molecular flexibility index (Phi) is 4.53. The molecule has 1 saturated heterocycles. The first kappa shape index (κ1) is 14.7. The van der Waals surface area contributed by atoms with E-state index in [1.54, 1.807) is 12.5 Å². The second kappa shape index (κ2) is 6.17. The molecule has 1 aromatic heterocycles. The van der Waals surface area contributed by atoms with Crippen molar-refractivity contribution in [3.05, 3.63) is 18.7 Å². The highest BCUT2D eigenvalue weighted by Gasteiger charge is 2.39. The second-order valence-electron chi connectivity index (χ2n) is 4.80. The summed E-state index contributed by atoms with van der Waals surface area (Å²) in [7, 11) is 0. The lowest BCUT2D eigenvalue weighted by atomic mass is 10.3. The van der Waals surface area contributed by atoms with Gasteiger partial charge < -0.3 is 15.0 Å². The van der Waals surface area contributed by atoms with Crippen molar-refractivity contribution in [2.75, 3.05) is 5.75 Å². The molecule has 8 heteroatoms. The van der Waals surface area contributed by atoms with Crippen LogP contribution >= 0.6 is 11.8 Å². The molecular formula is C12H18N4O3S. The predicted octanol–water partition coefficient (Wildman–Crippen LogP) is 0.829. The summed E-state index contributed by atoms with van der Waals surface area (Å²) in [4.78, 5) is 28.7. The minimum atomic E-state index is -0.959. The van der Waals surface area contributed by atoms with Crippen LogP contribution in [0.2, 0.25) is 0 Å². The Morgan fingerprint density at radius 3 is 2.95 bits per heavy atom. The third kappa shape index (κ3) is 3.24. The molecule has 3 unspecified atom stereocenters. The first-order valence-corrected chi connectivity index (χ1v) is 7.43. The first-order chi connectivity index (χ1) is 9.49. The number of amides is 2. The molecule has 0 saturated carbocycles. The molecule has 110 valence electrons. The first-order valence-electron chi connectivity index (χ1n) is 6.38. The lowest BCUT2D eigenvalue weighted by molar-refractivity contribution is -0.141. The van der Waals surface area contributed by atoms with Crippen molar-refractivity contribution in [1.82, 2.24) is 19.8 Å². The van der Waals surface area contributed by atoms with Crippen LogP contribution in [0, 0.1) is 0 Å². The van der Waals surface area contributed by atoms with Crippen LogP contribution in [-0.2, 0) is 11.3 Å². The Morgan fingerprint density at radius 2 is 2.35 bits per heavy atom. The van der Waals surface area contributed by atoms with Crippen molar-refractivity contribution in [2.24, 2.45) is 0 Å². The molecule has 0 aliphatic carbocycles. The molecule has 0 aromatic carbocycles. The topological polar surface area (TPSA) is 87.5 Å². The molecule has 3 atom stereocenters. The predicted molar refractivity (Wildman–Crippen MR) is 75.4 cm³/mol. The Labute approximate surface area is 121 Å². The smallest absolute Gasteiger partial charge is 0.327 e. The molecule has 0 radical (unpaired) electrons. The van der Waals surface area contributed by atoms with Crippen LogP contribution in [-0.4, -0.2) is 54.8 Å². The maximum atomic E-state index is 12.2. The minimum Gasteiger partial charge on any atom is -0.480 e. The van der Waals surface area contributed by atoms with Gasteiger partial charge in [0.15, 0.2) is 0 Å². The Balaban J connectivity index is 1.94. The zero-order chi connectivity index (χ0) is 14.7. The average Bonchev–Trinajstić information content (AvgIpc) is 2.97. The second-order valence-corrected chi connectivity index (χ2v) is 6.15. The number of urea groups is 1. The minimum absolute atomic E-state index is 0.107. The van der Waals surface area contributed by atoms with E-state index in [0.29, 0.717) is 12.3 Å². The van der Waals surface area contributed by atoms with E-state index < -0.39 is 12.0 Å². The third-order valence-corrected chi connectivity index (χ3v) is 4.37. The lowest BCUT2D eigenvalue weighted by Crippen LogP contribution is -2.52. The summed E-state index contributed by atoms with van der Waals surface area (Å²) in [6.07, 6.45) is 5.17. The van der Waals surface area contributed by atoms with Crippen molar-refractivity contribution in [3.8, 4) is 0 Å². The molecule has 1 aliphatic rings. The summed E-state index contributed by atoms with van der Waals surface area (Å²) < 4.78 is 1.86. The molecule has 0 bridgehead atoms. The van der Waals surface area contributed by atoms with Gasteiger partial charge in [-0.25, -0.2) is 14.6 Å². The van der Waals surface area contributed by atoms with Gasteiger partial charge >= 0.3 is 12.0 Å². The van der Waals surface area contributed by atoms with Crippen LogP contribution in [0.15, 0.2) is 18.7 Å². The van der Waals surface area contributed by atoms with Crippen LogP contribution in [0.1, 0.15) is 13.8 Å². The molecule has 1 aliphatic heterocycles. The Hall–Kier alpha value is -1.70. The van der Waals surface area contributed by atoms with Crippen molar-refractivity contribution >= 4 is 23.8 Å². The highest BCUT2D eigenvalue weighted by Crippen LogP contribution is 2.28.